The van der Waals surface area contributed by atoms with E-state index in [9.17, 15) is 0 Å². The quantitative estimate of drug-likeness (QED) is 0.776. The number of rotatable bonds is 4. The second kappa shape index (κ2) is 7.24. The zero-order valence-electron chi connectivity index (χ0n) is 10.5. The first-order valence-corrected chi connectivity index (χ1v) is 6.79. The van der Waals surface area contributed by atoms with Gasteiger partial charge in [-0.15, -0.1) is 0 Å². The maximum Gasteiger partial charge on any atom is 0.0247 e. The largest absolute Gasteiger partial charge is 0.326 e. The molecule has 0 radical (unpaired) electrons. The van der Waals surface area contributed by atoms with Gasteiger partial charge >= 0.3 is 0 Å². The molecule has 0 aromatic heterocycles. The smallest absolute Gasteiger partial charge is 0.0247 e. The molecule has 1 aliphatic carbocycles. The molecule has 0 aromatic rings. The number of nitrogens with two attached hydrogens (primary N) is 1. The first kappa shape index (κ1) is 13.0. The summed E-state index contributed by atoms with van der Waals surface area (Å²) in [6.07, 6.45) is 9.30. The van der Waals surface area contributed by atoms with Crippen molar-refractivity contribution in [3.8, 4) is 0 Å². The van der Waals surface area contributed by atoms with Crippen molar-refractivity contribution in [2.45, 2.75) is 70.9 Å². The van der Waals surface area contributed by atoms with Gasteiger partial charge in [0.2, 0.25) is 0 Å². The predicted molar refractivity (Wildman–Crippen MR) is 67.0 cm³/mol. The summed E-state index contributed by atoms with van der Waals surface area (Å²) in [5.74, 6) is 0. The molecule has 0 saturated heterocycles. The van der Waals surface area contributed by atoms with Crippen LogP contribution in [0.4, 0.5) is 0 Å². The van der Waals surface area contributed by atoms with Crippen LogP contribution in [0.25, 0.3) is 0 Å². The Labute approximate surface area is 95.2 Å². The van der Waals surface area contributed by atoms with Crippen molar-refractivity contribution in [3.05, 3.63) is 0 Å². The topological polar surface area (TPSA) is 29.3 Å². The average molecular weight is 212 g/mol. The molecule has 0 heterocycles. The molecule has 2 nitrogen and oxygen atoms in total. The highest BCUT2D eigenvalue weighted by atomic mass is 15.2. The molecule has 0 spiro atoms. The van der Waals surface area contributed by atoms with Crippen molar-refractivity contribution in [1.82, 2.24) is 4.90 Å². The fourth-order valence-corrected chi connectivity index (χ4v) is 2.79. The van der Waals surface area contributed by atoms with E-state index < -0.39 is 0 Å². The zero-order valence-corrected chi connectivity index (χ0v) is 10.5. The van der Waals surface area contributed by atoms with E-state index >= 15 is 0 Å². The van der Waals surface area contributed by atoms with Crippen molar-refractivity contribution in [2.24, 2.45) is 5.73 Å². The van der Waals surface area contributed by atoms with Crippen LogP contribution in [-0.4, -0.2) is 30.1 Å². The van der Waals surface area contributed by atoms with Gasteiger partial charge in [-0.25, -0.2) is 0 Å². The highest BCUT2D eigenvalue weighted by Crippen LogP contribution is 2.20. The molecule has 0 amide bonds. The van der Waals surface area contributed by atoms with E-state index in [0.717, 1.165) is 6.54 Å². The summed E-state index contributed by atoms with van der Waals surface area (Å²) in [5, 5.41) is 0. The molecule has 0 aromatic carbocycles. The third kappa shape index (κ3) is 4.12. The third-order valence-corrected chi connectivity index (χ3v) is 3.67. The van der Waals surface area contributed by atoms with Crippen LogP contribution in [-0.2, 0) is 0 Å². The lowest BCUT2D eigenvalue weighted by molar-refractivity contribution is 0.155. The Morgan fingerprint density at radius 1 is 1.07 bits per heavy atom. The fourth-order valence-electron chi connectivity index (χ4n) is 2.79. The number of hydrogen-bond donors (Lipinski definition) is 1. The van der Waals surface area contributed by atoms with Crippen LogP contribution in [0.2, 0.25) is 0 Å². The van der Waals surface area contributed by atoms with Crippen LogP contribution >= 0.6 is 0 Å². The van der Waals surface area contributed by atoms with Crippen LogP contribution in [0.5, 0.6) is 0 Å². The van der Waals surface area contributed by atoms with Gasteiger partial charge in [-0.1, -0.05) is 39.5 Å². The lowest BCUT2D eigenvalue weighted by Crippen LogP contribution is -2.48. The van der Waals surface area contributed by atoms with Gasteiger partial charge < -0.3 is 5.73 Å². The van der Waals surface area contributed by atoms with Gasteiger partial charge in [0.25, 0.3) is 0 Å². The monoisotopic (exact) mass is 212 g/mol. The van der Waals surface area contributed by atoms with Crippen molar-refractivity contribution in [3.63, 3.8) is 0 Å². The zero-order chi connectivity index (χ0) is 11.1. The average Bonchev–Trinajstić information content (AvgIpc) is 2.22. The van der Waals surface area contributed by atoms with Crippen molar-refractivity contribution in [2.75, 3.05) is 13.1 Å². The van der Waals surface area contributed by atoms with Gasteiger partial charge in [-0.3, -0.25) is 4.90 Å². The van der Waals surface area contributed by atoms with E-state index in [4.69, 9.17) is 5.73 Å². The Bertz CT molecular complexity index is 159. The van der Waals surface area contributed by atoms with E-state index in [1.165, 1.54) is 51.5 Å². The molecule has 1 fully saturated rings. The van der Waals surface area contributed by atoms with E-state index in [1.54, 1.807) is 0 Å². The molecule has 1 aliphatic rings. The Kier molecular flexibility index (Phi) is 6.26. The number of likely N-dealkylation sites (N-methyl/N-ethyl adjacent to an activating group) is 1. The summed E-state index contributed by atoms with van der Waals surface area (Å²) in [4.78, 5) is 2.59. The summed E-state index contributed by atoms with van der Waals surface area (Å²) >= 11 is 0. The van der Waals surface area contributed by atoms with E-state index in [1.807, 2.05) is 0 Å². The molecule has 90 valence electrons. The summed E-state index contributed by atoms with van der Waals surface area (Å²) < 4.78 is 0. The first-order chi connectivity index (χ1) is 7.29. The molecular weight excluding hydrogens is 184 g/mol. The van der Waals surface area contributed by atoms with Gasteiger partial charge in [-0.2, -0.15) is 0 Å². The van der Waals surface area contributed by atoms with Crippen LogP contribution in [0, 0.1) is 0 Å². The van der Waals surface area contributed by atoms with Gasteiger partial charge in [-0.05, 0) is 32.4 Å². The standard InChI is InChI=1S/C13H28N2/c1-3-11-15(4-2)13-10-8-6-5-7-9-12(13)14/h12-13H,3-11,14H2,1-2H3. The van der Waals surface area contributed by atoms with Crippen LogP contribution in [0.1, 0.15) is 58.8 Å². The van der Waals surface area contributed by atoms with Gasteiger partial charge in [0.05, 0.1) is 0 Å². The molecule has 2 atom stereocenters. The lowest BCUT2D eigenvalue weighted by atomic mass is 9.91. The fraction of sp³-hybridized carbons (Fsp3) is 1.00. The van der Waals surface area contributed by atoms with Gasteiger partial charge in [0.1, 0.15) is 0 Å². The predicted octanol–water partition coefficient (Wildman–Crippen LogP) is 2.77. The maximum absolute atomic E-state index is 6.31. The van der Waals surface area contributed by atoms with Crippen molar-refractivity contribution >= 4 is 0 Å². The van der Waals surface area contributed by atoms with E-state index in [2.05, 4.69) is 18.7 Å². The lowest BCUT2D eigenvalue weighted by Gasteiger charge is -2.36. The highest BCUT2D eigenvalue weighted by Gasteiger charge is 2.23. The third-order valence-electron chi connectivity index (χ3n) is 3.67. The summed E-state index contributed by atoms with van der Waals surface area (Å²) in [5.41, 5.74) is 6.31. The number of hydrogen-bond acceptors (Lipinski definition) is 2. The summed E-state index contributed by atoms with van der Waals surface area (Å²) in [7, 11) is 0. The van der Waals surface area contributed by atoms with Gasteiger partial charge in [0, 0.05) is 12.1 Å². The number of nitrogens with zero attached hydrogens (tertiary/aromatic N) is 1. The molecule has 1 rings (SSSR count). The SMILES string of the molecule is CCCN(CC)C1CCCCCCC1N. The molecule has 1 saturated carbocycles. The second-order valence-electron chi connectivity index (χ2n) is 4.85. The van der Waals surface area contributed by atoms with Crippen molar-refractivity contribution in [1.29, 1.82) is 0 Å². The Balaban J connectivity index is 2.51. The Morgan fingerprint density at radius 3 is 2.33 bits per heavy atom. The second-order valence-corrected chi connectivity index (χ2v) is 4.85. The minimum Gasteiger partial charge on any atom is -0.326 e. The minimum atomic E-state index is 0.414. The maximum atomic E-state index is 6.31. The van der Waals surface area contributed by atoms with E-state index in [0.29, 0.717) is 12.1 Å². The van der Waals surface area contributed by atoms with Crippen LogP contribution in [0.15, 0.2) is 0 Å². The van der Waals surface area contributed by atoms with E-state index in [-0.39, 0.29) is 0 Å². The molecule has 0 aliphatic heterocycles. The minimum absolute atomic E-state index is 0.414. The van der Waals surface area contributed by atoms with Crippen molar-refractivity contribution < 1.29 is 0 Å². The van der Waals surface area contributed by atoms with Crippen LogP contribution < -0.4 is 5.73 Å². The Hall–Kier alpha value is -0.0800. The van der Waals surface area contributed by atoms with Gasteiger partial charge in [0.15, 0.2) is 0 Å². The first-order valence-electron chi connectivity index (χ1n) is 6.79. The Morgan fingerprint density at radius 2 is 1.73 bits per heavy atom. The van der Waals surface area contributed by atoms with Crippen LogP contribution in [0.3, 0.4) is 0 Å². The molecule has 2 unspecified atom stereocenters. The molecule has 2 N–H and O–H groups in total. The molecule has 2 heteroatoms. The summed E-state index contributed by atoms with van der Waals surface area (Å²) in [6, 6.07) is 1.06. The highest BCUT2D eigenvalue weighted by molar-refractivity contribution is 4.83. The molecule has 15 heavy (non-hydrogen) atoms. The summed E-state index contributed by atoms with van der Waals surface area (Å²) in [6.45, 7) is 6.90. The normalized spacial score (nSPS) is 28.8. The molecular formula is C13H28N2. The molecule has 0 bridgehead atoms.